The number of hydrogen-bond donors (Lipinski definition) is 0. The molecular formula is C22H17F6N3O2. The van der Waals surface area contributed by atoms with Gasteiger partial charge in [-0.25, -0.2) is 4.98 Å². The third-order valence-electron chi connectivity index (χ3n) is 4.65. The number of hydrogen-bond acceptors (Lipinski definition) is 4. The summed E-state index contributed by atoms with van der Waals surface area (Å²) < 4.78 is 83.8. The van der Waals surface area contributed by atoms with Crippen LogP contribution in [0.2, 0.25) is 0 Å². The zero-order chi connectivity index (χ0) is 24.4. The van der Waals surface area contributed by atoms with E-state index in [9.17, 15) is 31.1 Å². The van der Waals surface area contributed by atoms with Crippen molar-refractivity contribution in [3.63, 3.8) is 0 Å². The summed E-state index contributed by atoms with van der Waals surface area (Å²) in [7, 11) is 2.54. The van der Waals surface area contributed by atoms with Crippen LogP contribution in [0.3, 0.4) is 0 Å². The summed E-state index contributed by atoms with van der Waals surface area (Å²) in [5, 5.41) is 0. The summed E-state index contributed by atoms with van der Waals surface area (Å²) >= 11 is 0. The van der Waals surface area contributed by atoms with Crippen molar-refractivity contribution >= 4 is 5.91 Å². The van der Waals surface area contributed by atoms with E-state index in [1.165, 1.54) is 20.4 Å². The topological polar surface area (TPSA) is 55.3 Å². The molecule has 0 atom stereocenters. The van der Waals surface area contributed by atoms with Crippen molar-refractivity contribution in [3.05, 3.63) is 77.1 Å². The van der Waals surface area contributed by atoms with Crippen molar-refractivity contribution in [2.75, 3.05) is 14.2 Å². The molecule has 0 saturated heterocycles. The molecule has 11 heteroatoms. The number of amides is 1. The van der Waals surface area contributed by atoms with Crippen LogP contribution < -0.4 is 4.74 Å². The first-order valence-corrected chi connectivity index (χ1v) is 9.40. The number of methoxy groups -OCH3 is 1. The second kappa shape index (κ2) is 9.08. The van der Waals surface area contributed by atoms with Crippen molar-refractivity contribution in [2.24, 2.45) is 0 Å². The van der Waals surface area contributed by atoms with Gasteiger partial charge >= 0.3 is 18.4 Å². The Hall–Kier alpha value is -3.63. The third-order valence-corrected chi connectivity index (χ3v) is 4.65. The predicted molar refractivity (Wildman–Crippen MR) is 106 cm³/mol. The molecule has 0 saturated carbocycles. The molecule has 0 bridgehead atoms. The molecule has 1 aromatic heterocycles. The second-order valence-corrected chi connectivity index (χ2v) is 7.06. The first-order valence-electron chi connectivity index (χ1n) is 9.40. The standard InChI is InChI=1S/C22H17F6N3O2/c1-31(12-13-8-15(21(23,24)25)10-16(9-13)22(26,27)28)19(32)18-17(11-29-20(30-18)33-2)14-6-4-3-5-7-14/h3-11H,12H2,1-2H3. The molecule has 1 amide bonds. The third kappa shape index (κ3) is 5.60. The van der Waals surface area contributed by atoms with Gasteiger partial charge in [0.05, 0.1) is 18.2 Å². The molecule has 0 N–H and O–H groups in total. The van der Waals surface area contributed by atoms with Gasteiger partial charge in [-0.15, -0.1) is 0 Å². The summed E-state index contributed by atoms with van der Waals surface area (Å²) in [6.07, 6.45) is -8.62. The molecule has 0 fully saturated rings. The van der Waals surface area contributed by atoms with Crippen LogP contribution >= 0.6 is 0 Å². The number of halogens is 6. The van der Waals surface area contributed by atoms with Gasteiger partial charge in [0.2, 0.25) is 0 Å². The molecule has 5 nitrogen and oxygen atoms in total. The van der Waals surface area contributed by atoms with Crippen LogP contribution in [-0.2, 0) is 18.9 Å². The van der Waals surface area contributed by atoms with Crippen molar-refractivity contribution < 1.29 is 35.9 Å². The van der Waals surface area contributed by atoms with Crippen molar-refractivity contribution in [2.45, 2.75) is 18.9 Å². The smallest absolute Gasteiger partial charge is 0.416 e. The minimum Gasteiger partial charge on any atom is -0.467 e. The molecule has 0 aliphatic carbocycles. The van der Waals surface area contributed by atoms with Gasteiger partial charge in [-0.3, -0.25) is 4.79 Å². The van der Waals surface area contributed by atoms with Crippen LogP contribution in [0.1, 0.15) is 27.2 Å². The number of carbonyl (C=O) groups excluding carboxylic acids is 1. The highest BCUT2D eigenvalue weighted by Gasteiger charge is 2.37. The van der Waals surface area contributed by atoms with Gasteiger partial charge in [-0.2, -0.15) is 31.3 Å². The maximum absolute atomic E-state index is 13.1. The average Bonchev–Trinajstić information content (AvgIpc) is 2.77. The molecule has 0 spiro atoms. The van der Waals surface area contributed by atoms with E-state index in [0.29, 0.717) is 23.3 Å². The van der Waals surface area contributed by atoms with Gasteiger partial charge in [-0.05, 0) is 29.3 Å². The SMILES string of the molecule is COc1ncc(-c2ccccc2)c(C(=O)N(C)Cc2cc(C(F)(F)F)cc(C(F)(F)F)c2)n1. The quantitative estimate of drug-likeness (QED) is 0.466. The van der Waals surface area contributed by atoms with Gasteiger partial charge in [-0.1, -0.05) is 30.3 Å². The molecule has 1 heterocycles. The van der Waals surface area contributed by atoms with E-state index < -0.39 is 35.9 Å². The van der Waals surface area contributed by atoms with Gasteiger partial charge in [0.15, 0.2) is 0 Å². The van der Waals surface area contributed by atoms with Crippen molar-refractivity contribution in [3.8, 4) is 17.1 Å². The van der Waals surface area contributed by atoms with Gasteiger partial charge in [0.25, 0.3) is 5.91 Å². The van der Waals surface area contributed by atoms with E-state index in [0.717, 1.165) is 4.90 Å². The van der Waals surface area contributed by atoms with E-state index in [1.807, 2.05) is 0 Å². The molecule has 2 aromatic carbocycles. The number of alkyl halides is 6. The first-order chi connectivity index (χ1) is 15.4. The summed E-state index contributed by atoms with van der Waals surface area (Å²) in [6, 6.07) is 9.67. The highest BCUT2D eigenvalue weighted by molar-refractivity contribution is 5.98. The van der Waals surface area contributed by atoms with Gasteiger partial charge in [0.1, 0.15) is 5.69 Å². The normalized spacial score (nSPS) is 11.9. The van der Waals surface area contributed by atoms with Crippen LogP contribution in [0.5, 0.6) is 6.01 Å². The van der Waals surface area contributed by atoms with Gasteiger partial charge < -0.3 is 9.64 Å². The average molecular weight is 469 g/mol. The number of rotatable bonds is 5. The predicted octanol–water partition coefficient (Wildman–Crippen LogP) is 5.46. The van der Waals surface area contributed by atoms with Crippen LogP contribution in [-0.4, -0.2) is 34.9 Å². The molecule has 0 aliphatic heterocycles. The Morgan fingerprint density at radius 3 is 2.06 bits per heavy atom. The second-order valence-electron chi connectivity index (χ2n) is 7.06. The number of carbonyl (C=O) groups is 1. The van der Waals surface area contributed by atoms with Crippen LogP contribution in [0.4, 0.5) is 26.3 Å². The zero-order valence-corrected chi connectivity index (χ0v) is 17.3. The first kappa shape index (κ1) is 24.0. The molecule has 3 aromatic rings. The maximum Gasteiger partial charge on any atom is 0.416 e. The Kier molecular flexibility index (Phi) is 6.61. The van der Waals surface area contributed by atoms with Crippen LogP contribution in [0.25, 0.3) is 11.1 Å². The highest BCUT2D eigenvalue weighted by atomic mass is 19.4. The summed E-state index contributed by atoms with van der Waals surface area (Å²) in [6.45, 7) is -0.521. The molecule has 0 radical (unpaired) electrons. The molecule has 0 unspecified atom stereocenters. The number of ether oxygens (including phenoxy) is 1. The molecular weight excluding hydrogens is 452 g/mol. The minimum atomic E-state index is -4.99. The van der Waals surface area contributed by atoms with E-state index in [-0.39, 0.29) is 23.3 Å². The Labute approximate surface area is 184 Å². The fraction of sp³-hybridized carbons (Fsp3) is 0.227. The maximum atomic E-state index is 13.1. The zero-order valence-electron chi connectivity index (χ0n) is 17.3. The van der Waals surface area contributed by atoms with Crippen molar-refractivity contribution in [1.29, 1.82) is 0 Å². The lowest BCUT2D eigenvalue weighted by Crippen LogP contribution is -2.28. The summed E-state index contributed by atoms with van der Waals surface area (Å²) in [5.41, 5.74) is -2.44. The van der Waals surface area contributed by atoms with E-state index in [1.54, 1.807) is 30.3 Å². The minimum absolute atomic E-state index is 0.0358. The molecule has 174 valence electrons. The fourth-order valence-electron chi connectivity index (χ4n) is 3.09. The molecule has 3 rings (SSSR count). The van der Waals surface area contributed by atoms with Gasteiger partial charge in [0, 0.05) is 25.4 Å². The molecule has 0 aliphatic rings. The van der Waals surface area contributed by atoms with E-state index in [4.69, 9.17) is 4.74 Å². The molecule has 33 heavy (non-hydrogen) atoms. The lowest BCUT2D eigenvalue weighted by atomic mass is 10.0. The lowest BCUT2D eigenvalue weighted by Gasteiger charge is -2.20. The van der Waals surface area contributed by atoms with E-state index >= 15 is 0 Å². The monoisotopic (exact) mass is 469 g/mol. The number of aromatic nitrogens is 2. The lowest BCUT2D eigenvalue weighted by molar-refractivity contribution is -0.143. The Balaban J connectivity index is 1.99. The summed E-state index contributed by atoms with van der Waals surface area (Å²) in [4.78, 5) is 22.1. The Bertz CT molecular complexity index is 1110. The number of benzene rings is 2. The summed E-state index contributed by atoms with van der Waals surface area (Å²) in [5.74, 6) is -0.736. The Morgan fingerprint density at radius 1 is 0.970 bits per heavy atom. The van der Waals surface area contributed by atoms with Crippen molar-refractivity contribution in [1.82, 2.24) is 14.9 Å². The largest absolute Gasteiger partial charge is 0.467 e. The Morgan fingerprint density at radius 2 is 1.55 bits per heavy atom. The van der Waals surface area contributed by atoms with Crippen LogP contribution in [0, 0.1) is 0 Å². The highest BCUT2D eigenvalue weighted by Crippen LogP contribution is 2.36. The fourth-order valence-corrected chi connectivity index (χ4v) is 3.09. The van der Waals surface area contributed by atoms with E-state index in [2.05, 4.69) is 9.97 Å². The number of nitrogens with zero attached hydrogens (tertiary/aromatic N) is 3. The van der Waals surface area contributed by atoms with Crippen LogP contribution in [0.15, 0.2) is 54.7 Å².